The largest absolute Gasteiger partial charge is 0.299 e. The van der Waals surface area contributed by atoms with Crippen molar-refractivity contribution in [3.05, 3.63) is 11.1 Å². The van der Waals surface area contributed by atoms with E-state index in [0.29, 0.717) is 11.7 Å². The van der Waals surface area contributed by atoms with Crippen LogP contribution in [0.15, 0.2) is 11.1 Å². The minimum absolute atomic E-state index is 0.395. The summed E-state index contributed by atoms with van der Waals surface area (Å²) in [7, 11) is 0. The highest BCUT2D eigenvalue weighted by atomic mass is 16.1. The zero-order valence-corrected chi connectivity index (χ0v) is 7.73. The van der Waals surface area contributed by atoms with Crippen molar-refractivity contribution in [2.75, 3.05) is 0 Å². The molecule has 1 unspecified atom stereocenters. The van der Waals surface area contributed by atoms with E-state index >= 15 is 0 Å². The van der Waals surface area contributed by atoms with Gasteiger partial charge in [0.1, 0.15) is 5.78 Å². The molecule has 1 fully saturated rings. The van der Waals surface area contributed by atoms with Gasteiger partial charge in [0.25, 0.3) is 0 Å². The average Bonchev–Trinajstić information content (AvgIpc) is 2.21. The number of allylic oxidation sites excluding steroid dienone is 2. The van der Waals surface area contributed by atoms with Gasteiger partial charge in [0, 0.05) is 12.3 Å². The van der Waals surface area contributed by atoms with Crippen LogP contribution in [0.2, 0.25) is 0 Å². The molecule has 12 heavy (non-hydrogen) atoms. The van der Waals surface area contributed by atoms with Gasteiger partial charge in [-0.2, -0.15) is 0 Å². The maximum atomic E-state index is 11.5. The Morgan fingerprint density at radius 3 is 2.92 bits per heavy atom. The molecule has 2 bridgehead atoms. The fourth-order valence-corrected chi connectivity index (χ4v) is 2.41. The first-order chi connectivity index (χ1) is 5.77. The summed E-state index contributed by atoms with van der Waals surface area (Å²) in [5.41, 5.74) is 3.16. The molecule has 1 atom stereocenters. The second-order valence-electron chi connectivity index (χ2n) is 4.14. The maximum Gasteiger partial charge on any atom is 0.136 e. The molecule has 0 amide bonds. The molecule has 0 N–H and O–H groups in total. The van der Waals surface area contributed by atoms with E-state index in [1.54, 1.807) is 11.1 Å². The number of rotatable bonds is 0. The third-order valence-corrected chi connectivity index (χ3v) is 3.32. The van der Waals surface area contributed by atoms with Crippen LogP contribution in [0.5, 0.6) is 0 Å². The fourth-order valence-electron chi connectivity index (χ4n) is 2.41. The predicted molar refractivity (Wildman–Crippen MR) is 48.9 cm³/mol. The summed E-state index contributed by atoms with van der Waals surface area (Å²) in [5.74, 6) is 0.920. The standard InChI is InChI=1S/C11H16O/c1-8-5-6-10-7-9(8)3-2-4-11(10)12/h10H,2-7H2,1H3. The topological polar surface area (TPSA) is 17.1 Å². The summed E-state index contributed by atoms with van der Waals surface area (Å²) >= 11 is 0. The van der Waals surface area contributed by atoms with Crippen molar-refractivity contribution in [3.8, 4) is 0 Å². The Morgan fingerprint density at radius 1 is 1.25 bits per heavy atom. The summed E-state index contributed by atoms with van der Waals surface area (Å²) < 4.78 is 0. The summed E-state index contributed by atoms with van der Waals surface area (Å²) in [6.45, 7) is 2.24. The third kappa shape index (κ3) is 1.33. The molecule has 2 aliphatic rings. The van der Waals surface area contributed by atoms with Crippen molar-refractivity contribution in [1.82, 2.24) is 0 Å². The van der Waals surface area contributed by atoms with Gasteiger partial charge in [0.15, 0.2) is 0 Å². The zero-order valence-electron chi connectivity index (χ0n) is 7.73. The molecular weight excluding hydrogens is 148 g/mol. The lowest BCUT2D eigenvalue weighted by atomic mass is 9.83. The van der Waals surface area contributed by atoms with Crippen LogP contribution in [0.3, 0.4) is 0 Å². The molecule has 0 heterocycles. The van der Waals surface area contributed by atoms with E-state index in [0.717, 1.165) is 25.7 Å². The number of hydrogen-bond donors (Lipinski definition) is 0. The van der Waals surface area contributed by atoms with Crippen LogP contribution in [0.1, 0.15) is 45.4 Å². The lowest BCUT2D eigenvalue weighted by Crippen LogP contribution is -2.16. The monoisotopic (exact) mass is 164 g/mol. The number of carbonyl (C=O) groups is 1. The van der Waals surface area contributed by atoms with Gasteiger partial charge in [-0.05, 0) is 39.0 Å². The summed E-state index contributed by atoms with van der Waals surface area (Å²) in [6.07, 6.45) is 6.50. The second-order valence-corrected chi connectivity index (χ2v) is 4.14. The molecule has 0 aromatic rings. The first-order valence-corrected chi connectivity index (χ1v) is 4.97. The zero-order chi connectivity index (χ0) is 8.55. The van der Waals surface area contributed by atoms with Crippen molar-refractivity contribution < 1.29 is 4.79 Å². The fraction of sp³-hybridized carbons (Fsp3) is 0.727. The average molecular weight is 164 g/mol. The highest BCUT2D eigenvalue weighted by molar-refractivity contribution is 5.82. The van der Waals surface area contributed by atoms with Gasteiger partial charge >= 0.3 is 0 Å². The van der Waals surface area contributed by atoms with Gasteiger partial charge in [-0.3, -0.25) is 4.79 Å². The van der Waals surface area contributed by atoms with E-state index in [2.05, 4.69) is 6.92 Å². The molecule has 1 saturated carbocycles. The lowest BCUT2D eigenvalue weighted by Gasteiger charge is -2.21. The Bertz CT molecular complexity index is 237. The molecule has 0 aromatic carbocycles. The molecule has 2 aliphatic carbocycles. The van der Waals surface area contributed by atoms with Gasteiger partial charge in [0.2, 0.25) is 0 Å². The molecule has 1 nitrogen and oxygen atoms in total. The van der Waals surface area contributed by atoms with E-state index in [9.17, 15) is 4.79 Å². The molecule has 0 saturated heterocycles. The van der Waals surface area contributed by atoms with Crippen molar-refractivity contribution in [3.63, 3.8) is 0 Å². The molecule has 0 radical (unpaired) electrons. The minimum atomic E-state index is 0.395. The third-order valence-electron chi connectivity index (χ3n) is 3.32. The van der Waals surface area contributed by atoms with Crippen LogP contribution >= 0.6 is 0 Å². The van der Waals surface area contributed by atoms with Crippen LogP contribution in [-0.4, -0.2) is 5.78 Å². The number of Topliss-reactive ketones (excluding diaryl/α,β-unsaturated/α-hetero) is 1. The van der Waals surface area contributed by atoms with Crippen LogP contribution in [0.4, 0.5) is 0 Å². The first-order valence-electron chi connectivity index (χ1n) is 4.97. The lowest BCUT2D eigenvalue weighted by molar-refractivity contribution is -0.122. The summed E-state index contributed by atoms with van der Waals surface area (Å²) in [5, 5.41) is 0. The molecule has 66 valence electrons. The van der Waals surface area contributed by atoms with Crippen molar-refractivity contribution in [2.24, 2.45) is 5.92 Å². The Morgan fingerprint density at radius 2 is 2.08 bits per heavy atom. The van der Waals surface area contributed by atoms with Crippen LogP contribution in [0.25, 0.3) is 0 Å². The van der Waals surface area contributed by atoms with Gasteiger partial charge in [-0.1, -0.05) is 11.1 Å². The Balaban J connectivity index is 2.24. The van der Waals surface area contributed by atoms with Gasteiger partial charge in [0.05, 0.1) is 0 Å². The molecule has 1 heteroatoms. The maximum absolute atomic E-state index is 11.5. The second kappa shape index (κ2) is 3.04. The van der Waals surface area contributed by atoms with E-state index in [-0.39, 0.29) is 0 Å². The molecule has 0 aliphatic heterocycles. The van der Waals surface area contributed by atoms with E-state index in [1.165, 1.54) is 12.8 Å². The highest BCUT2D eigenvalue weighted by Gasteiger charge is 2.26. The predicted octanol–water partition coefficient (Wildman–Crippen LogP) is 2.86. The Hall–Kier alpha value is -0.590. The minimum Gasteiger partial charge on any atom is -0.299 e. The van der Waals surface area contributed by atoms with E-state index in [1.807, 2.05) is 0 Å². The normalized spacial score (nSPS) is 30.4. The molecule has 0 spiro atoms. The summed E-state index contributed by atoms with van der Waals surface area (Å²) in [4.78, 5) is 11.5. The number of ketones is 1. The van der Waals surface area contributed by atoms with Crippen molar-refractivity contribution >= 4 is 5.78 Å². The quantitative estimate of drug-likeness (QED) is 0.503. The SMILES string of the molecule is CC1=C2CCCC(=O)C(CC1)C2. The van der Waals surface area contributed by atoms with E-state index in [4.69, 9.17) is 0 Å². The number of carbonyl (C=O) groups excluding carboxylic acids is 1. The van der Waals surface area contributed by atoms with Crippen LogP contribution < -0.4 is 0 Å². The number of hydrogen-bond acceptors (Lipinski definition) is 1. The van der Waals surface area contributed by atoms with Crippen molar-refractivity contribution in [1.29, 1.82) is 0 Å². The van der Waals surface area contributed by atoms with Gasteiger partial charge in [-0.25, -0.2) is 0 Å². The number of fused-ring (bicyclic) bond motifs is 2. The van der Waals surface area contributed by atoms with Crippen molar-refractivity contribution in [2.45, 2.75) is 45.4 Å². The molecule has 0 aromatic heterocycles. The smallest absolute Gasteiger partial charge is 0.136 e. The Labute approximate surface area is 73.8 Å². The molecule has 2 rings (SSSR count). The van der Waals surface area contributed by atoms with Gasteiger partial charge < -0.3 is 0 Å². The molecular formula is C11H16O. The van der Waals surface area contributed by atoms with Crippen LogP contribution in [-0.2, 0) is 4.79 Å². The van der Waals surface area contributed by atoms with Gasteiger partial charge in [-0.15, -0.1) is 0 Å². The van der Waals surface area contributed by atoms with E-state index < -0.39 is 0 Å². The first kappa shape index (κ1) is 8.03. The highest BCUT2D eigenvalue weighted by Crippen LogP contribution is 2.36. The Kier molecular flexibility index (Phi) is 2.03. The summed E-state index contributed by atoms with van der Waals surface area (Å²) in [6, 6.07) is 0. The van der Waals surface area contributed by atoms with Crippen LogP contribution in [0, 0.1) is 5.92 Å².